The summed E-state index contributed by atoms with van der Waals surface area (Å²) in [4.78, 5) is 39.7. The van der Waals surface area contributed by atoms with Crippen molar-refractivity contribution >= 4 is 11.8 Å². The predicted molar refractivity (Wildman–Crippen MR) is 108 cm³/mol. The van der Waals surface area contributed by atoms with Crippen molar-refractivity contribution in [2.75, 3.05) is 13.1 Å². The number of fused-ring (bicyclic) bond motifs is 4. The van der Waals surface area contributed by atoms with E-state index in [1.54, 1.807) is 24.0 Å². The number of pyridine rings is 1. The standard InChI is InChI=1S/C22H22FN3O4/c1-13-5-6-14(16(23)9-13)10-24-20(29)15-11-26-17(19(28)18(15)27)21(30)25-8-4-3-7-22(26,2)12-25/h3-6,9,11,28H,7-8,10,12H2,1-2H3,(H,24,29)/t22-/m0/s1. The Balaban J connectivity index is 1.71. The van der Waals surface area contributed by atoms with Gasteiger partial charge in [0, 0.05) is 31.4 Å². The van der Waals surface area contributed by atoms with Crippen LogP contribution < -0.4 is 10.7 Å². The summed E-state index contributed by atoms with van der Waals surface area (Å²) in [5.41, 5.74) is -0.904. The maximum atomic E-state index is 14.0. The highest BCUT2D eigenvalue weighted by atomic mass is 19.1. The van der Waals surface area contributed by atoms with E-state index in [1.807, 2.05) is 19.1 Å². The van der Waals surface area contributed by atoms with E-state index in [0.717, 1.165) is 5.56 Å². The number of hydrogen-bond donors (Lipinski definition) is 2. The van der Waals surface area contributed by atoms with Gasteiger partial charge in [-0.25, -0.2) is 4.39 Å². The van der Waals surface area contributed by atoms with E-state index in [0.29, 0.717) is 19.5 Å². The number of amides is 2. The molecule has 2 aromatic rings. The molecule has 0 saturated heterocycles. The average molecular weight is 411 g/mol. The van der Waals surface area contributed by atoms with Crippen molar-refractivity contribution in [2.45, 2.75) is 32.4 Å². The monoisotopic (exact) mass is 411 g/mol. The molecule has 8 heteroatoms. The van der Waals surface area contributed by atoms with Crippen molar-refractivity contribution < 1.29 is 19.1 Å². The number of hydrogen-bond acceptors (Lipinski definition) is 4. The molecule has 0 aliphatic carbocycles. The number of carbonyl (C=O) groups is 2. The molecule has 1 aromatic carbocycles. The Morgan fingerprint density at radius 2 is 2.07 bits per heavy atom. The summed E-state index contributed by atoms with van der Waals surface area (Å²) < 4.78 is 15.6. The zero-order valence-electron chi connectivity index (χ0n) is 16.7. The molecule has 0 radical (unpaired) electrons. The molecule has 2 amide bonds. The summed E-state index contributed by atoms with van der Waals surface area (Å²) in [5, 5.41) is 13.1. The van der Waals surface area contributed by atoms with Crippen molar-refractivity contribution in [3.63, 3.8) is 0 Å². The van der Waals surface area contributed by atoms with Gasteiger partial charge >= 0.3 is 0 Å². The Morgan fingerprint density at radius 1 is 1.30 bits per heavy atom. The second kappa shape index (κ2) is 7.12. The molecule has 30 heavy (non-hydrogen) atoms. The molecule has 2 aliphatic heterocycles. The average Bonchev–Trinajstić information content (AvgIpc) is 2.88. The fraction of sp³-hybridized carbons (Fsp3) is 0.318. The van der Waals surface area contributed by atoms with E-state index >= 15 is 0 Å². The van der Waals surface area contributed by atoms with Crippen LogP contribution in [0.3, 0.4) is 0 Å². The lowest BCUT2D eigenvalue weighted by atomic mass is 9.93. The summed E-state index contributed by atoms with van der Waals surface area (Å²) in [6.07, 6.45) is 5.71. The molecule has 7 nitrogen and oxygen atoms in total. The number of halogens is 1. The second-order valence-electron chi connectivity index (χ2n) is 8.07. The Hall–Kier alpha value is -3.42. The molecule has 1 atom stereocenters. The van der Waals surface area contributed by atoms with Crippen LogP contribution in [0.15, 0.2) is 41.3 Å². The molecule has 2 bridgehead atoms. The van der Waals surface area contributed by atoms with Gasteiger partial charge in [0.15, 0.2) is 11.4 Å². The van der Waals surface area contributed by atoms with Crippen LogP contribution in [-0.4, -0.2) is 39.5 Å². The summed E-state index contributed by atoms with van der Waals surface area (Å²) in [6.45, 7) is 4.34. The van der Waals surface area contributed by atoms with Gasteiger partial charge in [0.2, 0.25) is 5.43 Å². The van der Waals surface area contributed by atoms with Crippen molar-refractivity contribution in [3.8, 4) is 5.75 Å². The Kier molecular flexibility index (Phi) is 4.72. The minimum Gasteiger partial charge on any atom is -0.503 e. The van der Waals surface area contributed by atoms with Crippen LogP contribution in [0.4, 0.5) is 4.39 Å². The van der Waals surface area contributed by atoms with Crippen LogP contribution in [0.5, 0.6) is 5.75 Å². The number of aromatic nitrogens is 1. The Morgan fingerprint density at radius 3 is 2.80 bits per heavy atom. The molecule has 2 N–H and O–H groups in total. The molecule has 0 unspecified atom stereocenters. The van der Waals surface area contributed by atoms with Gasteiger partial charge in [0.1, 0.15) is 11.4 Å². The number of aryl methyl sites for hydroxylation is 1. The van der Waals surface area contributed by atoms with Crippen molar-refractivity contribution in [1.29, 1.82) is 0 Å². The van der Waals surface area contributed by atoms with E-state index in [-0.39, 0.29) is 23.4 Å². The topological polar surface area (TPSA) is 91.6 Å². The van der Waals surface area contributed by atoms with Crippen molar-refractivity contribution in [1.82, 2.24) is 14.8 Å². The highest BCUT2D eigenvalue weighted by Crippen LogP contribution is 2.34. The molecular weight excluding hydrogens is 389 g/mol. The Labute approximate surface area is 172 Å². The summed E-state index contributed by atoms with van der Waals surface area (Å²) in [7, 11) is 0. The Bertz CT molecular complexity index is 1150. The van der Waals surface area contributed by atoms with E-state index < -0.39 is 34.3 Å². The first-order valence-electron chi connectivity index (χ1n) is 9.68. The van der Waals surface area contributed by atoms with Gasteiger partial charge in [0.05, 0.1) is 5.54 Å². The minimum absolute atomic E-state index is 0.111. The molecule has 4 rings (SSSR count). The van der Waals surface area contributed by atoms with Crippen LogP contribution in [0.1, 0.15) is 45.3 Å². The normalized spacial score (nSPS) is 20.0. The highest BCUT2D eigenvalue weighted by molar-refractivity contribution is 5.99. The van der Waals surface area contributed by atoms with Gasteiger partial charge in [-0.15, -0.1) is 0 Å². The lowest BCUT2D eigenvalue weighted by molar-refractivity contribution is 0.0603. The number of benzene rings is 1. The van der Waals surface area contributed by atoms with Gasteiger partial charge in [-0.3, -0.25) is 14.4 Å². The largest absolute Gasteiger partial charge is 0.503 e. The van der Waals surface area contributed by atoms with Crippen LogP contribution in [0, 0.1) is 12.7 Å². The van der Waals surface area contributed by atoms with Crippen LogP contribution >= 0.6 is 0 Å². The lowest BCUT2D eigenvalue weighted by Gasteiger charge is -2.42. The number of carbonyl (C=O) groups excluding carboxylic acids is 2. The van der Waals surface area contributed by atoms with Gasteiger partial charge in [-0.1, -0.05) is 24.3 Å². The zero-order chi connectivity index (χ0) is 21.6. The molecule has 0 fully saturated rings. The maximum absolute atomic E-state index is 14.0. The first-order valence-corrected chi connectivity index (χ1v) is 9.68. The molecule has 156 valence electrons. The fourth-order valence-electron chi connectivity index (χ4n) is 4.02. The van der Waals surface area contributed by atoms with E-state index in [2.05, 4.69) is 5.32 Å². The van der Waals surface area contributed by atoms with E-state index in [4.69, 9.17) is 0 Å². The van der Waals surface area contributed by atoms with Gasteiger partial charge in [-0.05, 0) is 31.9 Å². The van der Waals surface area contributed by atoms with Crippen molar-refractivity contribution in [2.24, 2.45) is 0 Å². The van der Waals surface area contributed by atoms with Crippen LogP contribution in [-0.2, 0) is 12.1 Å². The predicted octanol–water partition coefficient (Wildman–Crippen LogP) is 2.06. The number of rotatable bonds is 3. The van der Waals surface area contributed by atoms with E-state index in [1.165, 1.54) is 16.8 Å². The number of nitrogens with zero attached hydrogens (tertiary/aromatic N) is 2. The highest BCUT2D eigenvalue weighted by Gasteiger charge is 2.42. The zero-order valence-corrected chi connectivity index (χ0v) is 16.7. The molecule has 3 heterocycles. The molecular formula is C22H22FN3O4. The third-order valence-electron chi connectivity index (χ3n) is 5.73. The third kappa shape index (κ3) is 3.18. The molecule has 0 saturated carbocycles. The summed E-state index contributed by atoms with van der Waals surface area (Å²) >= 11 is 0. The van der Waals surface area contributed by atoms with E-state index in [9.17, 15) is 23.9 Å². The van der Waals surface area contributed by atoms with Gasteiger partial charge in [-0.2, -0.15) is 0 Å². The van der Waals surface area contributed by atoms with Crippen LogP contribution in [0.2, 0.25) is 0 Å². The fourth-order valence-corrected chi connectivity index (χ4v) is 4.02. The quantitative estimate of drug-likeness (QED) is 0.757. The second-order valence-corrected chi connectivity index (χ2v) is 8.07. The first kappa shape index (κ1) is 19.9. The maximum Gasteiger partial charge on any atom is 0.274 e. The third-order valence-corrected chi connectivity index (χ3v) is 5.73. The minimum atomic E-state index is -0.923. The molecule has 1 aromatic heterocycles. The molecule has 0 spiro atoms. The summed E-state index contributed by atoms with van der Waals surface area (Å²) in [6, 6.07) is 4.65. The SMILES string of the molecule is Cc1ccc(CNC(=O)c2cn3c(c(O)c2=O)C(=O)N2CC=CC[C@@]3(C)C2)c(F)c1. The summed E-state index contributed by atoms with van der Waals surface area (Å²) in [5.74, 6) is -2.40. The number of allylic oxidation sites excluding steroid dienone is 1. The molecule has 2 aliphatic rings. The van der Waals surface area contributed by atoms with Gasteiger partial charge < -0.3 is 19.9 Å². The van der Waals surface area contributed by atoms with Crippen LogP contribution in [0.25, 0.3) is 0 Å². The number of nitrogens with one attached hydrogen (secondary N) is 1. The lowest BCUT2D eigenvalue weighted by Crippen LogP contribution is -2.52. The smallest absolute Gasteiger partial charge is 0.274 e. The number of aromatic hydroxyl groups is 1. The van der Waals surface area contributed by atoms with Gasteiger partial charge in [0.25, 0.3) is 11.8 Å². The van der Waals surface area contributed by atoms with Crippen molar-refractivity contribution in [3.05, 3.63) is 75.0 Å². The first-order chi connectivity index (χ1) is 14.2.